The van der Waals surface area contributed by atoms with E-state index in [1.807, 2.05) is 0 Å². The van der Waals surface area contributed by atoms with Crippen LogP contribution in [0.1, 0.15) is 31.8 Å². The Morgan fingerprint density at radius 1 is 0.660 bits per heavy atom. The molecule has 0 aliphatic heterocycles. The van der Waals surface area contributed by atoms with E-state index in [0.717, 1.165) is 58.4 Å². The highest BCUT2D eigenvalue weighted by molar-refractivity contribution is 6.67. The van der Waals surface area contributed by atoms with Crippen molar-refractivity contribution >= 4 is 34.6 Å². The number of nitrogens with two attached hydrogens (primary N) is 1. The molecular weight excluding hydrogens is 758 g/mol. The lowest BCUT2D eigenvalue weighted by Gasteiger charge is -2.11. The number of benzene rings is 2. The van der Waals surface area contributed by atoms with Gasteiger partial charge >= 0.3 is 12.4 Å². The summed E-state index contributed by atoms with van der Waals surface area (Å²) in [5.74, 6) is -5.52. The summed E-state index contributed by atoms with van der Waals surface area (Å²) in [6.45, 7) is 0. The van der Waals surface area contributed by atoms with Gasteiger partial charge in [0.25, 0.3) is 11.1 Å². The Labute approximate surface area is 293 Å². The summed E-state index contributed by atoms with van der Waals surface area (Å²) in [5.41, 5.74) is 1.96. The van der Waals surface area contributed by atoms with Crippen LogP contribution >= 0.6 is 11.6 Å². The number of carbonyl (C=O) groups excluding carboxylic acids is 2. The molecule has 4 heterocycles. The first kappa shape index (κ1) is 39.3. The average molecular weight is 775 g/mol. The Bertz CT molecular complexity index is 2240. The second kappa shape index (κ2) is 16.3. The largest absolute Gasteiger partial charge is 0.417 e. The highest BCUT2D eigenvalue weighted by atomic mass is 35.5. The van der Waals surface area contributed by atoms with E-state index in [1.165, 1.54) is 24.5 Å². The van der Waals surface area contributed by atoms with Gasteiger partial charge in [-0.1, -0.05) is 24.3 Å². The Kier molecular flexibility index (Phi) is 12.1. The predicted molar refractivity (Wildman–Crippen MR) is 164 cm³/mol. The molecule has 53 heavy (non-hydrogen) atoms. The predicted octanol–water partition coefficient (Wildman–Crippen LogP) is 6.82. The first-order valence-electron chi connectivity index (χ1n) is 13.9. The van der Waals surface area contributed by atoms with E-state index in [9.17, 15) is 53.5 Å². The molecule has 0 aliphatic carbocycles. The van der Waals surface area contributed by atoms with Crippen LogP contribution in [-0.2, 0) is 12.4 Å². The molecule has 12 nitrogen and oxygen atoms in total. The van der Waals surface area contributed by atoms with Crippen LogP contribution < -0.4 is 11.1 Å². The Morgan fingerprint density at radius 3 is 1.55 bits per heavy atom. The highest BCUT2D eigenvalue weighted by Gasteiger charge is 2.35. The summed E-state index contributed by atoms with van der Waals surface area (Å²) >= 11 is 4.98. The SMILES string of the molecule is Nc1ncn(-c2ncc(F)cc2F)n1.O=C(Cl)c1ccccc1C(F)(F)F.O=C(Nc1ncn(-c2ncc(F)cc2F)n1)c1ccccc1C(F)(F)F. The van der Waals surface area contributed by atoms with E-state index in [2.05, 4.69) is 35.5 Å². The second-order valence-corrected chi connectivity index (χ2v) is 10.1. The van der Waals surface area contributed by atoms with E-state index in [4.69, 9.17) is 17.3 Å². The molecule has 6 rings (SSSR count). The van der Waals surface area contributed by atoms with Crippen LogP contribution in [0.25, 0.3) is 11.6 Å². The molecule has 0 fully saturated rings. The smallest absolute Gasteiger partial charge is 0.366 e. The topological polar surface area (TPSA) is 159 Å². The molecule has 2 aromatic carbocycles. The fraction of sp³-hybridized carbons (Fsp3) is 0.0667. The van der Waals surface area contributed by atoms with Gasteiger partial charge in [-0.2, -0.15) is 40.7 Å². The number of carbonyl (C=O) groups is 2. The van der Waals surface area contributed by atoms with Crippen molar-refractivity contribution in [3.8, 4) is 11.6 Å². The standard InChI is InChI=1S/C15H8F5N5O.C8H4ClF3O.C7H5F2N5/c16-8-5-11(17)12(21-6-8)25-7-22-14(24-25)23-13(26)9-3-1-2-4-10(9)15(18,19)20;9-7(13)5-3-1-2-4-6(5)8(10,11)12;8-4-1-5(9)6(11-2-4)14-3-12-7(10)13-14/h1-7H,(H,23,24,26);1-4H;1-3H,(H2,10,13). The van der Waals surface area contributed by atoms with Gasteiger partial charge < -0.3 is 5.73 Å². The van der Waals surface area contributed by atoms with Crippen LogP contribution in [0.4, 0.5) is 55.8 Å². The number of nitrogen functional groups attached to an aromatic ring is 1. The molecule has 0 atom stereocenters. The number of nitrogens with one attached hydrogen (secondary N) is 1. The third-order valence-corrected chi connectivity index (χ3v) is 6.36. The van der Waals surface area contributed by atoms with E-state index in [0.29, 0.717) is 12.1 Å². The van der Waals surface area contributed by atoms with E-state index >= 15 is 0 Å². The monoisotopic (exact) mass is 774 g/mol. The zero-order valence-corrected chi connectivity index (χ0v) is 26.5. The van der Waals surface area contributed by atoms with Crippen LogP contribution in [0.2, 0.25) is 0 Å². The lowest BCUT2D eigenvalue weighted by atomic mass is 10.1. The van der Waals surface area contributed by atoms with Gasteiger partial charge in [-0.25, -0.2) is 32.5 Å². The maximum atomic E-state index is 13.7. The number of aromatic nitrogens is 8. The first-order chi connectivity index (χ1) is 24.8. The summed E-state index contributed by atoms with van der Waals surface area (Å²) in [5, 5.41) is 8.31. The van der Waals surface area contributed by atoms with Crippen molar-refractivity contribution in [2.75, 3.05) is 11.1 Å². The molecule has 0 radical (unpaired) electrons. The molecule has 3 N–H and O–H groups in total. The Balaban J connectivity index is 0.000000196. The molecule has 23 heteroatoms. The molecule has 4 aromatic heterocycles. The second-order valence-electron chi connectivity index (χ2n) is 9.79. The number of hydrogen-bond acceptors (Lipinski definition) is 9. The van der Waals surface area contributed by atoms with Gasteiger partial charge in [0.1, 0.15) is 24.3 Å². The maximum absolute atomic E-state index is 13.7. The van der Waals surface area contributed by atoms with Crippen LogP contribution in [0, 0.1) is 23.3 Å². The Hall–Kier alpha value is -6.45. The molecule has 0 bridgehead atoms. The van der Waals surface area contributed by atoms with E-state index in [1.54, 1.807) is 0 Å². The zero-order valence-electron chi connectivity index (χ0n) is 25.7. The molecule has 276 valence electrons. The quantitative estimate of drug-likeness (QED) is 0.142. The molecule has 6 aromatic rings. The van der Waals surface area contributed by atoms with Crippen molar-refractivity contribution < 1.29 is 53.5 Å². The molecule has 1 amide bonds. The lowest BCUT2D eigenvalue weighted by molar-refractivity contribution is -0.138. The van der Waals surface area contributed by atoms with Gasteiger partial charge in [-0.15, -0.1) is 10.2 Å². The highest BCUT2D eigenvalue weighted by Crippen LogP contribution is 2.33. The van der Waals surface area contributed by atoms with Gasteiger partial charge in [0.15, 0.2) is 23.3 Å². The summed E-state index contributed by atoms with van der Waals surface area (Å²) in [6.07, 6.45) is -5.47. The number of amides is 1. The van der Waals surface area contributed by atoms with Gasteiger partial charge in [0, 0.05) is 17.7 Å². The molecule has 0 aliphatic rings. The fourth-order valence-electron chi connectivity index (χ4n) is 3.95. The number of anilines is 2. The van der Waals surface area contributed by atoms with Gasteiger partial charge in [0.2, 0.25) is 11.9 Å². The van der Waals surface area contributed by atoms with Crippen molar-refractivity contribution in [2.24, 2.45) is 0 Å². The van der Waals surface area contributed by atoms with Crippen molar-refractivity contribution in [1.29, 1.82) is 0 Å². The van der Waals surface area contributed by atoms with Gasteiger partial charge in [0.05, 0.1) is 29.1 Å². The summed E-state index contributed by atoms with van der Waals surface area (Å²) in [6, 6.07) is 9.84. The molecular formula is C30H17ClF10N10O2. The number of pyridine rings is 2. The average Bonchev–Trinajstić information content (AvgIpc) is 3.73. The number of halogens is 11. The third kappa shape index (κ3) is 10.3. The van der Waals surface area contributed by atoms with Gasteiger partial charge in [-0.3, -0.25) is 14.9 Å². The van der Waals surface area contributed by atoms with Crippen molar-refractivity contribution in [2.45, 2.75) is 12.4 Å². The van der Waals surface area contributed by atoms with E-state index < -0.39 is 74.8 Å². The van der Waals surface area contributed by atoms with E-state index in [-0.39, 0.29) is 17.7 Å². The van der Waals surface area contributed by atoms with Crippen molar-refractivity contribution in [3.05, 3.63) is 131 Å². The maximum Gasteiger partial charge on any atom is 0.417 e. The minimum atomic E-state index is -4.72. The normalized spacial score (nSPS) is 11.2. The number of rotatable bonds is 5. The molecule has 0 saturated heterocycles. The first-order valence-corrected chi connectivity index (χ1v) is 14.3. The minimum Gasteiger partial charge on any atom is -0.366 e. The van der Waals surface area contributed by atoms with Crippen LogP contribution in [-0.4, -0.2) is 50.6 Å². The lowest BCUT2D eigenvalue weighted by Crippen LogP contribution is -2.19. The van der Waals surface area contributed by atoms with Crippen LogP contribution in [0.3, 0.4) is 0 Å². The number of hydrogen-bond donors (Lipinski definition) is 2. The van der Waals surface area contributed by atoms with Crippen molar-refractivity contribution in [3.63, 3.8) is 0 Å². The summed E-state index contributed by atoms with van der Waals surface area (Å²) in [7, 11) is 0. The number of alkyl halides is 6. The summed E-state index contributed by atoms with van der Waals surface area (Å²) in [4.78, 5) is 36.9. The third-order valence-electron chi connectivity index (χ3n) is 6.16. The van der Waals surface area contributed by atoms with Gasteiger partial charge in [-0.05, 0) is 35.9 Å². The zero-order chi connectivity index (χ0) is 39.1. The number of nitrogens with zero attached hydrogens (tertiary/aromatic N) is 8. The molecule has 0 saturated carbocycles. The Morgan fingerprint density at radius 2 is 1.11 bits per heavy atom. The molecule has 0 unspecified atom stereocenters. The minimum absolute atomic E-state index is 0.00414. The fourth-order valence-corrected chi connectivity index (χ4v) is 4.12. The molecule has 0 spiro atoms. The van der Waals surface area contributed by atoms with Crippen LogP contribution in [0.5, 0.6) is 0 Å². The van der Waals surface area contributed by atoms with Crippen molar-refractivity contribution in [1.82, 2.24) is 39.5 Å². The summed E-state index contributed by atoms with van der Waals surface area (Å²) < 4.78 is 129. The van der Waals surface area contributed by atoms with Crippen LogP contribution in [0.15, 0.2) is 85.7 Å².